The number of hydrogen-bond acceptors (Lipinski definition) is 4. The minimum Gasteiger partial charge on any atom is -0.480 e. The summed E-state index contributed by atoms with van der Waals surface area (Å²) in [7, 11) is 0. The second kappa shape index (κ2) is 5.32. The summed E-state index contributed by atoms with van der Waals surface area (Å²) in [4.78, 5) is 25.8. The van der Waals surface area contributed by atoms with Crippen LogP contribution in [0.2, 0.25) is 0 Å². The van der Waals surface area contributed by atoms with Crippen LogP contribution in [-0.4, -0.2) is 52.1 Å². The molecule has 2 heterocycles. The Morgan fingerprint density at radius 2 is 1.84 bits per heavy atom. The lowest BCUT2D eigenvalue weighted by atomic mass is 9.95. The quantitative estimate of drug-likeness (QED) is 0.800. The number of carbonyl (C=O) groups is 2. The molecule has 0 spiro atoms. The van der Waals surface area contributed by atoms with Crippen molar-refractivity contribution in [3.8, 4) is 0 Å². The van der Waals surface area contributed by atoms with E-state index >= 15 is 0 Å². The first-order chi connectivity index (χ1) is 9.18. The smallest absolute Gasteiger partial charge is 0.327 e. The Morgan fingerprint density at radius 3 is 2.42 bits per heavy atom. The van der Waals surface area contributed by atoms with Crippen LogP contribution in [0.5, 0.6) is 0 Å². The van der Waals surface area contributed by atoms with E-state index in [2.05, 4.69) is 5.32 Å². The van der Waals surface area contributed by atoms with Gasteiger partial charge in [-0.05, 0) is 44.7 Å². The van der Waals surface area contributed by atoms with Crippen molar-refractivity contribution in [2.24, 2.45) is 11.8 Å². The normalized spacial score (nSPS) is 32.5. The lowest BCUT2D eigenvalue weighted by Gasteiger charge is -2.32. The van der Waals surface area contributed by atoms with Crippen LogP contribution in [-0.2, 0) is 9.59 Å². The monoisotopic (exact) mass is 284 g/mol. The molecule has 19 heavy (non-hydrogen) atoms. The minimum absolute atomic E-state index is 0.0167. The highest BCUT2D eigenvalue weighted by atomic mass is 32.2. The number of nitrogens with zero attached hydrogens (tertiary/aromatic N) is 1. The van der Waals surface area contributed by atoms with Crippen LogP contribution in [0.25, 0.3) is 0 Å². The zero-order valence-corrected chi connectivity index (χ0v) is 11.7. The van der Waals surface area contributed by atoms with E-state index in [0.29, 0.717) is 11.7 Å². The minimum atomic E-state index is -0.849. The highest BCUT2D eigenvalue weighted by molar-refractivity contribution is 8.00. The first-order valence-corrected chi connectivity index (χ1v) is 8.10. The van der Waals surface area contributed by atoms with Gasteiger partial charge in [-0.15, -0.1) is 11.8 Å². The number of carboxylic acid groups (broad SMARTS) is 1. The van der Waals surface area contributed by atoms with Crippen molar-refractivity contribution < 1.29 is 14.7 Å². The molecule has 2 unspecified atom stereocenters. The topological polar surface area (TPSA) is 69.6 Å². The standard InChI is InChI=1S/C13H20N2O3S/c16-11(8-3-5-14-6-4-8)15-10(13(17)18)7-19-12(15)9-1-2-9/h8-10,12,14H,1-7H2,(H,17,18). The molecule has 2 saturated heterocycles. The maximum Gasteiger partial charge on any atom is 0.327 e. The molecule has 5 nitrogen and oxygen atoms in total. The Bertz CT molecular complexity index is 380. The number of amides is 1. The predicted octanol–water partition coefficient (Wildman–Crippen LogP) is 0.751. The van der Waals surface area contributed by atoms with Crippen molar-refractivity contribution >= 4 is 23.6 Å². The highest BCUT2D eigenvalue weighted by Crippen LogP contribution is 2.46. The molecule has 3 aliphatic rings. The number of hydrogen-bond donors (Lipinski definition) is 2. The first kappa shape index (κ1) is 13.2. The third-order valence-corrected chi connectivity index (χ3v) is 5.75. The zero-order chi connectivity index (χ0) is 13.4. The fraction of sp³-hybridized carbons (Fsp3) is 0.846. The Morgan fingerprint density at radius 1 is 1.16 bits per heavy atom. The number of carbonyl (C=O) groups excluding carboxylic acids is 1. The molecule has 0 aromatic rings. The SMILES string of the molecule is O=C(O)C1CSC(C2CC2)N1C(=O)C1CCNCC1. The summed E-state index contributed by atoms with van der Waals surface area (Å²) in [5.41, 5.74) is 0. The van der Waals surface area contributed by atoms with Gasteiger partial charge in [-0.3, -0.25) is 4.79 Å². The summed E-state index contributed by atoms with van der Waals surface area (Å²) in [6, 6.07) is -0.613. The van der Waals surface area contributed by atoms with Gasteiger partial charge in [-0.1, -0.05) is 0 Å². The molecule has 1 amide bonds. The summed E-state index contributed by atoms with van der Waals surface area (Å²) in [5, 5.41) is 12.7. The molecule has 2 atom stereocenters. The fourth-order valence-electron chi connectivity index (χ4n) is 3.02. The molecule has 2 aliphatic heterocycles. The van der Waals surface area contributed by atoms with Gasteiger partial charge in [0.15, 0.2) is 0 Å². The summed E-state index contributed by atoms with van der Waals surface area (Å²) >= 11 is 1.66. The summed E-state index contributed by atoms with van der Waals surface area (Å²) in [6.07, 6.45) is 3.95. The molecule has 0 radical (unpaired) electrons. The zero-order valence-electron chi connectivity index (χ0n) is 10.9. The van der Waals surface area contributed by atoms with Gasteiger partial charge in [0.25, 0.3) is 0 Å². The third-order valence-electron chi connectivity index (χ3n) is 4.29. The van der Waals surface area contributed by atoms with Gasteiger partial charge in [0.1, 0.15) is 6.04 Å². The van der Waals surface area contributed by atoms with Gasteiger partial charge in [0.2, 0.25) is 5.91 Å². The van der Waals surface area contributed by atoms with Crippen LogP contribution in [0.3, 0.4) is 0 Å². The number of carboxylic acids is 1. The van der Waals surface area contributed by atoms with Crippen LogP contribution >= 0.6 is 11.8 Å². The average Bonchev–Trinajstić information content (AvgIpc) is 3.17. The van der Waals surface area contributed by atoms with Crippen molar-refractivity contribution in [2.75, 3.05) is 18.8 Å². The van der Waals surface area contributed by atoms with E-state index in [1.807, 2.05) is 0 Å². The molecule has 0 aromatic carbocycles. The predicted molar refractivity (Wildman–Crippen MR) is 72.8 cm³/mol. The maximum atomic E-state index is 12.7. The first-order valence-electron chi connectivity index (χ1n) is 7.06. The number of aliphatic carboxylic acids is 1. The van der Waals surface area contributed by atoms with Crippen LogP contribution in [0.15, 0.2) is 0 Å². The molecule has 3 rings (SSSR count). The molecule has 3 fully saturated rings. The van der Waals surface area contributed by atoms with Crippen molar-refractivity contribution in [3.05, 3.63) is 0 Å². The number of thioether (sulfide) groups is 1. The van der Waals surface area contributed by atoms with E-state index < -0.39 is 12.0 Å². The Labute approximate surface area is 117 Å². The molecular formula is C13H20N2O3S. The molecule has 1 saturated carbocycles. The number of rotatable bonds is 3. The van der Waals surface area contributed by atoms with E-state index in [4.69, 9.17) is 0 Å². The maximum absolute atomic E-state index is 12.7. The molecule has 0 bridgehead atoms. The lowest BCUT2D eigenvalue weighted by Crippen LogP contribution is -2.50. The Hall–Kier alpha value is -0.750. The second-order valence-electron chi connectivity index (χ2n) is 5.69. The third kappa shape index (κ3) is 2.60. The van der Waals surface area contributed by atoms with E-state index in [1.54, 1.807) is 16.7 Å². The van der Waals surface area contributed by atoms with Crippen molar-refractivity contribution in [3.63, 3.8) is 0 Å². The number of piperidine rings is 1. The van der Waals surface area contributed by atoms with Crippen LogP contribution < -0.4 is 5.32 Å². The molecule has 0 aromatic heterocycles. The molecule has 106 valence electrons. The summed E-state index contributed by atoms with van der Waals surface area (Å²) < 4.78 is 0. The van der Waals surface area contributed by atoms with E-state index in [1.165, 1.54) is 0 Å². The van der Waals surface area contributed by atoms with Crippen LogP contribution in [0.1, 0.15) is 25.7 Å². The summed E-state index contributed by atoms with van der Waals surface area (Å²) in [6.45, 7) is 1.73. The lowest BCUT2D eigenvalue weighted by molar-refractivity contribution is -0.151. The second-order valence-corrected chi connectivity index (χ2v) is 6.83. The van der Waals surface area contributed by atoms with E-state index in [9.17, 15) is 14.7 Å². The van der Waals surface area contributed by atoms with Crippen LogP contribution in [0.4, 0.5) is 0 Å². The Kier molecular flexibility index (Phi) is 3.71. The van der Waals surface area contributed by atoms with Gasteiger partial charge in [-0.2, -0.15) is 0 Å². The van der Waals surface area contributed by atoms with Crippen molar-refractivity contribution in [1.29, 1.82) is 0 Å². The molecule has 6 heteroatoms. The van der Waals surface area contributed by atoms with Gasteiger partial charge in [0.05, 0.1) is 5.37 Å². The average molecular weight is 284 g/mol. The van der Waals surface area contributed by atoms with E-state index in [-0.39, 0.29) is 17.2 Å². The van der Waals surface area contributed by atoms with Gasteiger partial charge < -0.3 is 15.3 Å². The summed E-state index contributed by atoms with van der Waals surface area (Å²) in [5.74, 6) is 0.324. The largest absolute Gasteiger partial charge is 0.480 e. The van der Waals surface area contributed by atoms with Crippen LogP contribution in [0, 0.1) is 11.8 Å². The van der Waals surface area contributed by atoms with E-state index in [0.717, 1.165) is 38.8 Å². The molecule has 1 aliphatic carbocycles. The molecular weight excluding hydrogens is 264 g/mol. The fourth-order valence-corrected chi connectivity index (χ4v) is 4.66. The van der Waals surface area contributed by atoms with Gasteiger partial charge >= 0.3 is 5.97 Å². The van der Waals surface area contributed by atoms with Gasteiger partial charge in [-0.25, -0.2) is 4.79 Å². The number of nitrogens with one attached hydrogen (secondary N) is 1. The molecule has 2 N–H and O–H groups in total. The van der Waals surface area contributed by atoms with Crippen molar-refractivity contribution in [2.45, 2.75) is 37.1 Å². The van der Waals surface area contributed by atoms with Crippen molar-refractivity contribution in [1.82, 2.24) is 10.2 Å². The Balaban J connectivity index is 1.76. The van der Waals surface area contributed by atoms with Gasteiger partial charge in [0, 0.05) is 11.7 Å². The highest BCUT2D eigenvalue weighted by Gasteiger charge is 2.49.